The van der Waals surface area contributed by atoms with Gasteiger partial charge in [0.25, 0.3) is 0 Å². The summed E-state index contributed by atoms with van der Waals surface area (Å²) in [7, 11) is -7.23. The van der Waals surface area contributed by atoms with E-state index in [0.717, 1.165) is 19.3 Å². The van der Waals surface area contributed by atoms with Gasteiger partial charge in [0.1, 0.15) is 5.52 Å². The standard InChI is InChI=1S/C23H26ClN3O6S3/c1-35(29,30)20-4-2-3-19-22(20)25-23(34-19)27(11-10-26-12-14-33-15-13-26)21(28)9-16-36(31,32)18-7-5-17(24)6-8-18/h2-8H,9-16H2,1H3. The lowest BCUT2D eigenvalue weighted by Gasteiger charge is -2.29. The van der Waals surface area contributed by atoms with Crippen LogP contribution in [0.4, 0.5) is 5.13 Å². The van der Waals surface area contributed by atoms with Crippen LogP contribution in [0.5, 0.6) is 0 Å². The minimum atomic E-state index is -3.70. The van der Waals surface area contributed by atoms with Crippen LogP contribution in [0.1, 0.15) is 6.42 Å². The normalized spacial score (nSPS) is 15.3. The zero-order valence-electron chi connectivity index (χ0n) is 19.6. The molecule has 0 aliphatic carbocycles. The number of sulfone groups is 2. The Morgan fingerprint density at radius 3 is 2.47 bits per heavy atom. The van der Waals surface area contributed by atoms with Crippen molar-refractivity contribution in [1.82, 2.24) is 9.88 Å². The quantitative estimate of drug-likeness (QED) is 0.385. The van der Waals surface area contributed by atoms with Crippen LogP contribution in [-0.4, -0.2) is 84.0 Å². The van der Waals surface area contributed by atoms with Crippen LogP contribution in [-0.2, 0) is 29.2 Å². The first-order valence-corrected chi connectivity index (χ1v) is 16.0. The molecule has 0 bridgehead atoms. The summed E-state index contributed by atoms with van der Waals surface area (Å²) in [6.07, 6.45) is 0.868. The lowest BCUT2D eigenvalue weighted by atomic mass is 10.3. The number of para-hydroxylation sites is 1. The highest BCUT2D eigenvalue weighted by molar-refractivity contribution is 7.91. The van der Waals surface area contributed by atoms with Gasteiger partial charge in [0.2, 0.25) is 5.91 Å². The monoisotopic (exact) mass is 571 g/mol. The smallest absolute Gasteiger partial charge is 0.229 e. The highest BCUT2D eigenvalue weighted by Gasteiger charge is 2.25. The van der Waals surface area contributed by atoms with E-state index in [0.29, 0.717) is 40.1 Å². The number of thiazole rings is 1. The molecule has 0 unspecified atom stereocenters. The molecule has 4 rings (SSSR count). The zero-order valence-corrected chi connectivity index (χ0v) is 22.8. The molecule has 3 aromatic rings. The summed E-state index contributed by atoms with van der Waals surface area (Å²) in [5.41, 5.74) is 0.304. The van der Waals surface area contributed by atoms with Gasteiger partial charge in [-0.1, -0.05) is 29.0 Å². The molecule has 1 aliphatic heterocycles. The van der Waals surface area contributed by atoms with E-state index in [1.54, 1.807) is 12.1 Å². The van der Waals surface area contributed by atoms with Crippen LogP contribution in [0.2, 0.25) is 5.02 Å². The Bertz CT molecular complexity index is 1450. The molecule has 0 N–H and O–H groups in total. The number of morpholine rings is 1. The first-order valence-electron chi connectivity index (χ1n) is 11.2. The van der Waals surface area contributed by atoms with Gasteiger partial charge >= 0.3 is 0 Å². The van der Waals surface area contributed by atoms with Crippen molar-refractivity contribution in [2.75, 3.05) is 56.3 Å². The molecule has 0 spiro atoms. The Hall–Kier alpha value is -2.09. The molecular weight excluding hydrogens is 546 g/mol. The summed E-state index contributed by atoms with van der Waals surface area (Å²) in [5, 5.41) is 0.756. The minimum absolute atomic E-state index is 0.0911. The summed E-state index contributed by atoms with van der Waals surface area (Å²) >= 11 is 7.06. The van der Waals surface area contributed by atoms with Crippen LogP contribution in [0.25, 0.3) is 10.2 Å². The predicted octanol–water partition coefficient (Wildman–Crippen LogP) is 2.88. The number of nitrogens with zero attached hydrogens (tertiary/aromatic N) is 3. The number of carbonyl (C=O) groups excluding carboxylic acids is 1. The molecule has 1 fully saturated rings. The molecule has 2 heterocycles. The Morgan fingerprint density at radius 2 is 1.81 bits per heavy atom. The molecule has 9 nitrogen and oxygen atoms in total. The van der Waals surface area contributed by atoms with Crippen molar-refractivity contribution >= 4 is 63.9 Å². The molecule has 194 valence electrons. The number of amides is 1. The van der Waals surface area contributed by atoms with E-state index in [2.05, 4.69) is 9.88 Å². The zero-order chi connectivity index (χ0) is 25.9. The van der Waals surface area contributed by atoms with E-state index < -0.39 is 25.6 Å². The molecule has 13 heteroatoms. The van der Waals surface area contributed by atoms with Gasteiger partial charge in [0, 0.05) is 43.9 Å². The second-order valence-corrected chi connectivity index (χ2v) is 13.9. The van der Waals surface area contributed by atoms with Crippen molar-refractivity contribution in [2.24, 2.45) is 0 Å². The number of ether oxygens (including phenoxy) is 1. The molecular formula is C23H26ClN3O6S3. The van der Waals surface area contributed by atoms with Crippen molar-refractivity contribution in [2.45, 2.75) is 16.2 Å². The van der Waals surface area contributed by atoms with Gasteiger partial charge in [-0.25, -0.2) is 21.8 Å². The number of anilines is 1. The van der Waals surface area contributed by atoms with Gasteiger partial charge in [0.05, 0.1) is 33.5 Å². The molecule has 1 aliphatic rings. The van der Waals surface area contributed by atoms with Gasteiger partial charge in [-0.3, -0.25) is 14.6 Å². The first kappa shape index (κ1) is 27.0. The number of fused-ring (bicyclic) bond motifs is 1. The third-order valence-corrected chi connectivity index (χ3v) is 9.96. The van der Waals surface area contributed by atoms with Crippen LogP contribution in [0.15, 0.2) is 52.3 Å². The van der Waals surface area contributed by atoms with Crippen LogP contribution < -0.4 is 4.90 Å². The topological polar surface area (TPSA) is 114 Å². The Balaban J connectivity index is 1.59. The minimum Gasteiger partial charge on any atom is -0.379 e. The number of halogens is 1. The van der Waals surface area contributed by atoms with Crippen molar-refractivity contribution in [3.05, 3.63) is 47.5 Å². The third-order valence-electron chi connectivity index (χ3n) is 5.80. The molecule has 1 amide bonds. The number of hydrogen-bond acceptors (Lipinski definition) is 9. The van der Waals surface area contributed by atoms with Crippen LogP contribution >= 0.6 is 22.9 Å². The van der Waals surface area contributed by atoms with Crippen LogP contribution in [0, 0.1) is 0 Å². The maximum absolute atomic E-state index is 13.4. The number of rotatable bonds is 9. The number of carbonyl (C=O) groups is 1. The summed E-state index contributed by atoms with van der Waals surface area (Å²) in [6.45, 7) is 3.50. The van der Waals surface area contributed by atoms with Gasteiger partial charge in [-0.05, 0) is 36.4 Å². The number of benzene rings is 2. The van der Waals surface area contributed by atoms with Gasteiger partial charge in [0.15, 0.2) is 24.8 Å². The fourth-order valence-electron chi connectivity index (χ4n) is 3.84. The number of hydrogen-bond donors (Lipinski definition) is 0. The fraction of sp³-hybridized carbons (Fsp3) is 0.391. The Labute approximate surface area is 219 Å². The van der Waals surface area contributed by atoms with E-state index in [-0.39, 0.29) is 28.5 Å². The molecule has 0 saturated carbocycles. The highest BCUT2D eigenvalue weighted by atomic mass is 35.5. The predicted molar refractivity (Wildman–Crippen MR) is 140 cm³/mol. The van der Waals surface area contributed by atoms with Crippen molar-refractivity contribution in [3.63, 3.8) is 0 Å². The van der Waals surface area contributed by atoms with E-state index in [1.807, 2.05) is 0 Å². The van der Waals surface area contributed by atoms with Gasteiger partial charge < -0.3 is 4.74 Å². The fourth-order valence-corrected chi connectivity index (χ4v) is 7.12. The largest absolute Gasteiger partial charge is 0.379 e. The highest BCUT2D eigenvalue weighted by Crippen LogP contribution is 2.33. The molecule has 36 heavy (non-hydrogen) atoms. The van der Waals surface area contributed by atoms with Gasteiger partial charge in [-0.15, -0.1) is 0 Å². The molecule has 1 aromatic heterocycles. The van der Waals surface area contributed by atoms with E-state index in [9.17, 15) is 21.6 Å². The maximum atomic E-state index is 13.4. The van der Waals surface area contributed by atoms with Crippen molar-refractivity contribution < 1.29 is 26.4 Å². The lowest BCUT2D eigenvalue weighted by Crippen LogP contribution is -2.43. The Morgan fingerprint density at radius 1 is 1.11 bits per heavy atom. The number of aromatic nitrogens is 1. The van der Waals surface area contributed by atoms with Crippen molar-refractivity contribution in [1.29, 1.82) is 0 Å². The summed E-state index contributed by atoms with van der Waals surface area (Å²) in [6, 6.07) is 10.7. The SMILES string of the molecule is CS(=O)(=O)c1cccc2sc(N(CCN3CCOCC3)C(=O)CCS(=O)(=O)c3ccc(Cl)cc3)nc12. The molecule has 1 saturated heterocycles. The van der Waals surface area contributed by atoms with E-state index in [4.69, 9.17) is 16.3 Å². The first-order chi connectivity index (χ1) is 17.0. The van der Waals surface area contributed by atoms with Crippen molar-refractivity contribution in [3.8, 4) is 0 Å². The second kappa shape index (κ2) is 11.1. The average Bonchev–Trinajstić information content (AvgIpc) is 3.27. The van der Waals surface area contributed by atoms with E-state index in [1.165, 1.54) is 46.6 Å². The maximum Gasteiger partial charge on any atom is 0.229 e. The van der Waals surface area contributed by atoms with E-state index >= 15 is 0 Å². The lowest BCUT2D eigenvalue weighted by molar-refractivity contribution is -0.118. The second-order valence-electron chi connectivity index (χ2n) is 8.39. The molecule has 2 aromatic carbocycles. The third kappa shape index (κ3) is 6.42. The van der Waals surface area contributed by atoms with Gasteiger partial charge in [-0.2, -0.15) is 0 Å². The average molecular weight is 572 g/mol. The summed E-state index contributed by atoms with van der Waals surface area (Å²) < 4.78 is 56.1. The Kier molecular flexibility index (Phi) is 8.32. The van der Waals surface area contributed by atoms with Crippen LogP contribution in [0.3, 0.4) is 0 Å². The summed E-state index contributed by atoms with van der Waals surface area (Å²) in [5.74, 6) is -0.776. The molecule has 0 atom stereocenters. The molecule has 0 radical (unpaired) electrons. The summed E-state index contributed by atoms with van der Waals surface area (Å²) in [4.78, 5) is 21.7.